The van der Waals surface area contributed by atoms with Gasteiger partial charge in [0.05, 0.1) is 0 Å². The predicted molar refractivity (Wildman–Crippen MR) is 72.5 cm³/mol. The van der Waals surface area contributed by atoms with Gasteiger partial charge in [0, 0.05) is 24.5 Å². The van der Waals surface area contributed by atoms with Gasteiger partial charge in [0.15, 0.2) is 4.21 Å². The molecule has 0 radical (unpaired) electrons. The number of aromatic amines is 1. The Hall–Kier alpha value is -0.310. The molecule has 0 spiro atoms. The van der Waals surface area contributed by atoms with Crippen molar-refractivity contribution in [3.63, 3.8) is 0 Å². The van der Waals surface area contributed by atoms with Gasteiger partial charge < -0.3 is 4.98 Å². The fourth-order valence-corrected chi connectivity index (χ4v) is 4.98. The Morgan fingerprint density at radius 3 is 2.53 bits per heavy atom. The Bertz CT molecular complexity index is 532. The first-order valence-corrected chi connectivity index (χ1v) is 8.62. The molecule has 1 aromatic heterocycles. The number of aryl methyl sites for hydroxylation is 1. The van der Waals surface area contributed by atoms with E-state index in [2.05, 4.69) is 4.98 Å². The molecule has 98 valence electrons. The van der Waals surface area contributed by atoms with E-state index >= 15 is 0 Å². The molecule has 0 saturated carbocycles. The summed E-state index contributed by atoms with van der Waals surface area (Å²) in [5, 5.41) is 0. The first-order valence-electron chi connectivity index (χ1n) is 4.97. The molecule has 1 N–H and O–H groups in total. The number of aromatic nitrogens is 1. The molecular formula is C9H16N2O3S3. The van der Waals surface area contributed by atoms with Crippen LogP contribution in [-0.2, 0) is 10.0 Å². The van der Waals surface area contributed by atoms with E-state index in [0.29, 0.717) is 11.4 Å². The van der Waals surface area contributed by atoms with Gasteiger partial charge in [-0.1, -0.05) is 11.3 Å². The Balaban J connectivity index is 3.11. The van der Waals surface area contributed by atoms with Crippen LogP contribution < -0.4 is 4.87 Å². The third kappa shape index (κ3) is 3.12. The van der Waals surface area contributed by atoms with Crippen LogP contribution in [-0.4, -0.2) is 42.8 Å². The molecule has 0 fully saturated rings. The maximum Gasteiger partial charge on any atom is 0.305 e. The van der Waals surface area contributed by atoms with E-state index in [9.17, 15) is 13.2 Å². The standard InChI is InChI=1S/C9H16N2O3S3/c1-6(5-15-4)11(3)17(13,14)8-7(2)10-9(12)16-8/h6H,5H2,1-4H3,(H,10,12). The number of sulfonamides is 1. The highest BCUT2D eigenvalue weighted by Crippen LogP contribution is 2.22. The molecule has 17 heavy (non-hydrogen) atoms. The number of nitrogens with one attached hydrogen (secondary N) is 1. The minimum atomic E-state index is -3.56. The topological polar surface area (TPSA) is 70.2 Å². The van der Waals surface area contributed by atoms with Crippen molar-refractivity contribution in [2.24, 2.45) is 0 Å². The highest BCUT2D eigenvalue weighted by atomic mass is 32.2. The summed E-state index contributed by atoms with van der Waals surface area (Å²) >= 11 is 2.32. The maximum absolute atomic E-state index is 12.3. The smallest absolute Gasteiger partial charge is 0.305 e. The van der Waals surface area contributed by atoms with Crippen molar-refractivity contribution in [2.45, 2.75) is 24.1 Å². The van der Waals surface area contributed by atoms with Crippen molar-refractivity contribution in [3.05, 3.63) is 15.4 Å². The third-order valence-electron chi connectivity index (χ3n) is 2.42. The fourth-order valence-electron chi connectivity index (χ4n) is 1.35. The second-order valence-corrected chi connectivity index (χ2v) is 7.84. The minimum Gasteiger partial charge on any atom is -0.315 e. The summed E-state index contributed by atoms with van der Waals surface area (Å²) in [4.78, 5) is 13.3. The van der Waals surface area contributed by atoms with Crippen LogP contribution in [0.3, 0.4) is 0 Å². The summed E-state index contributed by atoms with van der Waals surface area (Å²) in [6.45, 7) is 3.44. The summed E-state index contributed by atoms with van der Waals surface area (Å²) in [6, 6.07) is -0.105. The molecular weight excluding hydrogens is 280 g/mol. The van der Waals surface area contributed by atoms with E-state index in [1.807, 2.05) is 13.2 Å². The normalized spacial score (nSPS) is 14.2. The molecule has 5 nitrogen and oxygen atoms in total. The molecule has 0 aliphatic carbocycles. The van der Waals surface area contributed by atoms with E-state index in [4.69, 9.17) is 0 Å². The zero-order chi connectivity index (χ0) is 13.2. The van der Waals surface area contributed by atoms with Crippen molar-refractivity contribution in [1.29, 1.82) is 0 Å². The van der Waals surface area contributed by atoms with Gasteiger partial charge in [-0.2, -0.15) is 16.1 Å². The number of hydrogen-bond acceptors (Lipinski definition) is 5. The van der Waals surface area contributed by atoms with Crippen molar-refractivity contribution < 1.29 is 8.42 Å². The molecule has 8 heteroatoms. The van der Waals surface area contributed by atoms with Gasteiger partial charge >= 0.3 is 4.87 Å². The van der Waals surface area contributed by atoms with Gasteiger partial charge in [0.25, 0.3) is 10.0 Å². The number of thioether (sulfide) groups is 1. The van der Waals surface area contributed by atoms with E-state index in [1.54, 1.807) is 25.7 Å². The van der Waals surface area contributed by atoms with Gasteiger partial charge in [-0.05, 0) is 20.1 Å². The molecule has 0 saturated heterocycles. The van der Waals surface area contributed by atoms with Crippen LogP contribution in [0.15, 0.2) is 9.00 Å². The number of rotatable bonds is 5. The second kappa shape index (κ2) is 5.55. The van der Waals surface area contributed by atoms with Crippen LogP contribution in [0.25, 0.3) is 0 Å². The van der Waals surface area contributed by atoms with Crippen LogP contribution in [0.2, 0.25) is 0 Å². The molecule has 1 atom stereocenters. The summed E-state index contributed by atoms with van der Waals surface area (Å²) in [5.41, 5.74) is 0.406. The Morgan fingerprint density at radius 1 is 1.53 bits per heavy atom. The lowest BCUT2D eigenvalue weighted by Gasteiger charge is -2.22. The van der Waals surface area contributed by atoms with Gasteiger partial charge in [-0.25, -0.2) is 8.42 Å². The van der Waals surface area contributed by atoms with E-state index < -0.39 is 10.0 Å². The summed E-state index contributed by atoms with van der Waals surface area (Å²) in [5.74, 6) is 0.716. The van der Waals surface area contributed by atoms with Crippen molar-refractivity contribution in [3.8, 4) is 0 Å². The number of hydrogen-bond donors (Lipinski definition) is 1. The SMILES string of the molecule is CSCC(C)N(C)S(=O)(=O)c1sc(=O)[nH]c1C. The highest BCUT2D eigenvalue weighted by Gasteiger charge is 2.28. The lowest BCUT2D eigenvalue weighted by atomic mass is 10.4. The highest BCUT2D eigenvalue weighted by molar-refractivity contribution is 7.98. The summed E-state index contributed by atoms with van der Waals surface area (Å²) in [7, 11) is -2.02. The molecule has 0 aromatic carbocycles. The largest absolute Gasteiger partial charge is 0.315 e. The lowest BCUT2D eigenvalue weighted by Crippen LogP contribution is -2.36. The molecule has 0 aliphatic rings. The van der Waals surface area contributed by atoms with Crippen LogP contribution in [0.4, 0.5) is 0 Å². The molecule has 1 heterocycles. The minimum absolute atomic E-state index is 0.105. The maximum atomic E-state index is 12.3. The third-order valence-corrected chi connectivity index (χ3v) is 6.79. The first-order chi connectivity index (χ1) is 7.80. The lowest BCUT2D eigenvalue weighted by molar-refractivity contribution is 0.416. The Kier molecular flexibility index (Phi) is 4.82. The van der Waals surface area contributed by atoms with Crippen LogP contribution in [0, 0.1) is 6.92 Å². The monoisotopic (exact) mass is 296 g/mol. The molecule has 0 bridgehead atoms. The molecule has 1 aromatic rings. The Labute approximate surface area is 109 Å². The molecule has 1 unspecified atom stereocenters. The predicted octanol–water partition coefficient (Wildman–Crippen LogP) is 1.12. The average Bonchev–Trinajstić information content (AvgIpc) is 2.57. The van der Waals surface area contributed by atoms with Crippen LogP contribution in [0.1, 0.15) is 12.6 Å². The zero-order valence-electron chi connectivity index (χ0n) is 10.2. The first kappa shape index (κ1) is 14.7. The van der Waals surface area contributed by atoms with Gasteiger partial charge in [-0.15, -0.1) is 0 Å². The van der Waals surface area contributed by atoms with Crippen LogP contribution >= 0.6 is 23.1 Å². The average molecular weight is 296 g/mol. The van der Waals surface area contributed by atoms with Crippen molar-refractivity contribution in [1.82, 2.24) is 9.29 Å². The summed E-state index contributed by atoms with van der Waals surface area (Å²) in [6.07, 6.45) is 1.93. The zero-order valence-corrected chi connectivity index (χ0v) is 12.6. The summed E-state index contributed by atoms with van der Waals surface area (Å²) < 4.78 is 25.9. The molecule has 0 aliphatic heterocycles. The van der Waals surface area contributed by atoms with Crippen molar-refractivity contribution >= 4 is 33.1 Å². The number of thiazole rings is 1. The Morgan fingerprint density at radius 2 is 2.12 bits per heavy atom. The van der Waals surface area contributed by atoms with E-state index in [-0.39, 0.29) is 15.1 Å². The van der Waals surface area contributed by atoms with E-state index in [1.165, 1.54) is 4.31 Å². The van der Waals surface area contributed by atoms with Crippen molar-refractivity contribution in [2.75, 3.05) is 19.1 Å². The van der Waals surface area contributed by atoms with Gasteiger partial charge in [0.2, 0.25) is 0 Å². The molecule has 1 rings (SSSR count). The van der Waals surface area contributed by atoms with Gasteiger partial charge in [-0.3, -0.25) is 4.79 Å². The quantitative estimate of drug-likeness (QED) is 0.884. The van der Waals surface area contributed by atoms with E-state index in [0.717, 1.165) is 11.3 Å². The fraction of sp³-hybridized carbons (Fsp3) is 0.667. The second-order valence-electron chi connectivity index (χ2n) is 3.75. The number of nitrogens with zero attached hydrogens (tertiary/aromatic N) is 1. The molecule has 0 amide bonds. The van der Waals surface area contributed by atoms with Crippen LogP contribution in [0.5, 0.6) is 0 Å². The number of H-pyrrole nitrogens is 1. The van der Waals surface area contributed by atoms with Gasteiger partial charge in [0.1, 0.15) is 0 Å².